The molecule has 0 aliphatic heterocycles. The van der Waals surface area contributed by atoms with Gasteiger partial charge in [-0.3, -0.25) is 9.89 Å². The number of primary amides is 1. The van der Waals surface area contributed by atoms with Crippen molar-refractivity contribution in [3.63, 3.8) is 0 Å². The van der Waals surface area contributed by atoms with E-state index < -0.39 is 34.7 Å². The quantitative estimate of drug-likeness (QED) is 0.417. The van der Waals surface area contributed by atoms with Crippen LogP contribution in [-0.4, -0.2) is 30.9 Å². The first-order valence-corrected chi connectivity index (χ1v) is 10.2. The normalized spacial score (nSPS) is 11.6. The van der Waals surface area contributed by atoms with E-state index in [1.54, 1.807) is 43.7 Å². The van der Waals surface area contributed by atoms with Gasteiger partial charge in [0.2, 0.25) is 0 Å². The van der Waals surface area contributed by atoms with Crippen LogP contribution in [0.1, 0.15) is 30.2 Å². The Morgan fingerprint density at radius 1 is 1.12 bits per heavy atom. The molecule has 0 spiro atoms. The van der Waals surface area contributed by atoms with E-state index in [1.165, 1.54) is 6.07 Å². The summed E-state index contributed by atoms with van der Waals surface area (Å²) in [7, 11) is 1.64. The minimum Gasteiger partial charge on any atom is -0.474 e. The molecule has 0 atom stereocenters. The Bertz CT molecular complexity index is 1390. The molecule has 12 heteroatoms. The SMILES string of the molecule is Cn1c(-c2ccc(-c3cc(C(N)=O)[nH]n3)cc2Cl)nnc1C(C)(C)Oc1c(F)cc(F)cc1F. The van der Waals surface area contributed by atoms with Gasteiger partial charge in [-0.25, -0.2) is 13.2 Å². The van der Waals surface area contributed by atoms with Crippen LogP contribution in [0.4, 0.5) is 13.2 Å². The number of aromatic nitrogens is 5. The van der Waals surface area contributed by atoms with E-state index in [4.69, 9.17) is 22.1 Å². The van der Waals surface area contributed by atoms with E-state index in [9.17, 15) is 18.0 Å². The average molecular weight is 491 g/mol. The molecule has 0 bridgehead atoms. The summed E-state index contributed by atoms with van der Waals surface area (Å²) in [6.07, 6.45) is 0. The van der Waals surface area contributed by atoms with Crippen LogP contribution in [0.3, 0.4) is 0 Å². The molecular formula is C22H18ClF3N6O2. The van der Waals surface area contributed by atoms with Crippen molar-refractivity contribution in [2.75, 3.05) is 0 Å². The zero-order valence-electron chi connectivity index (χ0n) is 18.2. The number of H-pyrrole nitrogens is 1. The van der Waals surface area contributed by atoms with Crippen molar-refractivity contribution in [1.29, 1.82) is 0 Å². The van der Waals surface area contributed by atoms with Gasteiger partial charge in [-0.15, -0.1) is 10.2 Å². The van der Waals surface area contributed by atoms with Gasteiger partial charge in [-0.05, 0) is 32.0 Å². The summed E-state index contributed by atoms with van der Waals surface area (Å²) in [5, 5.41) is 15.2. The van der Waals surface area contributed by atoms with Crippen LogP contribution >= 0.6 is 11.6 Å². The number of carbonyl (C=O) groups excluding carboxylic acids is 1. The third-order valence-corrected chi connectivity index (χ3v) is 5.40. The number of benzene rings is 2. The highest BCUT2D eigenvalue weighted by atomic mass is 35.5. The summed E-state index contributed by atoms with van der Waals surface area (Å²) in [6, 6.07) is 7.62. The molecule has 34 heavy (non-hydrogen) atoms. The summed E-state index contributed by atoms with van der Waals surface area (Å²) in [5.41, 5.74) is 5.68. The summed E-state index contributed by atoms with van der Waals surface area (Å²) < 4.78 is 48.6. The van der Waals surface area contributed by atoms with Gasteiger partial charge in [-0.1, -0.05) is 17.7 Å². The molecule has 0 saturated heterocycles. The first-order valence-electron chi connectivity index (χ1n) is 9.87. The van der Waals surface area contributed by atoms with Crippen LogP contribution < -0.4 is 10.5 Å². The van der Waals surface area contributed by atoms with E-state index in [-0.39, 0.29) is 11.5 Å². The van der Waals surface area contributed by atoms with Crippen LogP contribution in [0.5, 0.6) is 5.75 Å². The van der Waals surface area contributed by atoms with Gasteiger partial charge in [0.25, 0.3) is 5.91 Å². The largest absolute Gasteiger partial charge is 0.474 e. The molecule has 4 aromatic rings. The van der Waals surface area contributed by atoms with Gasteiger partial charge < -0.3 is 15.0 Å². The van der Waals surface area contributed by atoms with Crippen molar-refractivity contribution >= 4 is 17.5 Å². The molecule has 1 amide bonds. The number of nitrogens with two attached hydrogens (primary N) is 1. The molecular weight excluding hydrogens is 473 g/mol. The maximum absolute atomic E-state index is 14.1. The average Bonchev–Trinajstić information content (AvgIpc) is 3.38. The predicted molar refractivity (Wildman–Crippen MR) is 118 cm³/mol. The molecule has 4 rings (SSSR count). The standard InChI is InChI=1S/C22H18ClF3N6O2/c1-22(2,34-18-14(25)7-11(24)8-15(18)26)21-31-30-20(32(21)3)12-5-4-10(6-13(12)23)16-9-17(19(27)33)29-28-16/h4-9H,1-3H3,(H2,27,33)(H,28,29). The van der Waals surface area contributed by atoms with Gasteiger partial charge in [-0.2, -0.15) is 5.10 Å². The smallest absolute Gasteiger partial charge is 0.266 e. The van der Waals surface area contributed by atoms with Crippen LogP contribution in [-0.2, 0) is 12.6 Å². The maximum atomic E-state index is 14.1. The molecule has 176 valence electrons. The summed E-state index contributed by atoms with van der Waals surface area (Å²) >= 11 is 6.49. The fourth-order valence-electron chi connectivity index (χ4n) is 3.47. The number of hydrogen-bond acceptors (Lipinski definition) is 5. The Kier molecular flexibility index (Phi) is 5.82. The fraction of sp³-hybridized carbons (Fsp3) is 0.182. The summed E-state index contributed by atoms with van der Waals surface area (Å²) in [6.45, 7) is 3.09. The van der Waals surface area contributed by atoms with Crippen molar-refractivity contribution < 1.29 is 22.7 Å². The van der Waals surface area contributed by atoms with E-state index in [0.717, 1.165) is 0 Å². The number of halogens is 4. The molecule has 2 aromatic heterocycles. The number of aromatic amines is 1. The van der Waals surface area contributed by atoms with E-state index in [2.05, 4.69) is 20.4 Å². The van der Waals surface area contributed by atoms with Crippen molar-refractivity contribution in [3.8, 4) is 28.4 Å². The fourth-order valence-corrected chi connectivity index (χ4v) is 3.73. The number of carbonyl (C=O) groups is 1. The second-order valence-corrected chi connectivity index (χ2v) is 8.35. The van der Waals surface area contributed by atoms with Crippen molar-refractivity contribution in [1.82, 2.24) is 25.0 Å². The lowest BCUT2D eigenvalue weighted by molar-refractivity contribution is 0.0833. The molecule has 0 aliphatic carbocycles. The molecule has 0 radical (unpaired) electrons. The van der Waals surface area contributed by atoms with Crippen LogP contribution in [0.25, 0.3) is 22.6 Å². The lowest BCUT2D eigenvalue weighted by Crippen LogP contribution is -2.30. The van der Waals surface area contributed by atoms with Crippen molar-refractivity contribution in [3.05, 3.63) is 70.4 Å². The third kappa shape index (κ3) is 4.21. The van der Waals surface area contributed by atoms with Crippen LogP contribution in [0.15, 0.2) is 36.4 Å². The molecule has 3 N–H and O–H groups in total. The molecule has 0 fully saturated rings. The monoisotopic (exact) mass is 490 g/mol. The zero-order valence-corrected chi connectivity index (χ0v) is 18.9. The number of amides is 1. The first-order chi connectivity index (χ1) is 16.0. The molecule has 0 saturated carbocycles. The van der Waals surface area contributed by atoms with Crippen molar-refractivity contribution in [2.45, 2.75) is 19.4 Å². The number of nitrogens with zero attached hydrogens (tertiary/aromatic N) is 4. The Hall–Kier alpha value is -3.86. The second-order valence-electron chi connectivity index (χ2n) is 7.94. The molecule has 0 unspecified atom stereocenters. The predicted octanol–water partition coefficient (Wildman–Crippen LogP) is 4.36. The summed E-state index contributed by atoms with van der Waals surface area (Å²) in [4.78, 5) is 11.3. The van der Waals surface area contributed by atoms with Crippen molar-refractivity contribution in [2.24, 2.45) is 12.8 Å². The maximum Gasteiger partial charge on any atom is 0.266 e. The third-order valence-electron chi connectivity index (χ3n) is 5.08. The lowest BCUT2D eigenvalue weighted by Gasteiger charge is -2.26. The zero-order chi connectivity index (χ0) is 24.8. The Morgan fingerprint density at radius 3 is 2.38 bits per heavy atom. The van der Waals surface area contributed by atoms with Gasteiger partial charge in [0.1, 0.15) is 11.5 Å². The minimum absolute atomic E-state index is 0.157. The molecule has 0 aliphatic rings. The highest BCUT2D eigenvalue weighted by Gasteiger charge is 2.32. The summed E-state index contributed by atoms with van der Waals surface area (Å²) in [5.74, 6) is -4.17. The number of hydrogen-bond donors (Lipinski definition) is 2. The van der Waals surface area contributed by atoms with Crippen LogP contribution in [0, 0.1) is 17.5 Å². The van der Waals surface area contributed by atoms with E-state index in [0.29, 0.717) is 39.8 Å². The highest BCUT2D eigenvalue weighted by molar-refractivity contribution is 6.33. The van der Waals surface area contributed by atoms with Crippen LogP contribution in [0.2, 0.25) is 5.02 Å². The van der Waals surface area contributed by atoms with Gasteiger partial charge >= 0.3 is 0 Å². The minimum atomic E-state index is -1.34. The van der Waals surface area contributed by atoms with Gasteiger partial charge in [0, 0.05) is 30.3 Å². The second kappa shape index (κ2) is 8.49. The van der Waals surface area contributed by atoms with Gasteiger partial charge in [0.15, 0.2) is 34.6 Å². The Labute approximate surface area is 196 Å². The number of ether oxygens (including phenoxy) is 1. The molecule has 2 aromatic carbocycles. The lowest BCUT2D eigenvalue weighted by atomic mass is 10.1. The van der Waals surface area contributed by atoms with Gasteiger partial charge in [0.05, 0.1) is 10.7 Å². The molecule has 8 nitrogen and oxygen atoms in total. The Morgan fingerprint density at radius 2 is 1.79 bits per heavy atom. The van der Waals surface area contributed by atoms with E-state index in [1.807, 2.05) is 0 Å². The number of nitrogens with one attached hydrogen (secondary N) is 1. The topological polar surface area (TPSA) is 112 Å². The highest BCUT2D eigenvalue weighted by Crippen LogP contribution is 2.35. The first kappa shape index (κ1) is 23.3. The number of rotatable bonds is 6. The molecule has 2 heterocycles. The van der Waals surface area contributed by atoms with E-state index >= 15 is 0 Å². The Balaban J connectivity index is 1.66.